The monoisotopic (exact) mass is 544 g/mol. The number of esters is 1. The van der Waals surface area contributed by atoms with E-state index in [1.807, 2.05) is 0 Å². The minimum atomic E-state index is -0.172. The molecule has 0 heterocycles. The number of hydrogen-bond acceptors (Lipinski definition) is 3. The van der Waals surface area contributed by atoms with Crippen LogP contribution in [0.25, 0.3) is 0 Å². The van der Waals surface area contributed by atoms with E-state index in [1.54, 1.807) is 0 Å². The molecule has 1 unspecified atom stereocenters. The van der Waals surface area contributed by atoms with E-state index in [1.165, 1.54) is 103 Å². The number of unbranched alkanes of at least 4 members (excludes halogenated alkanes) is 15. The summed E-state index contributed by atoms with van der Waals surface area (Å²) in [6, 6.07) is 4.21. The minimum absolute atomic E-state index is 0.112. The summed E-state index contributed by atoms with van der Waals surface area (Å²) >= 11 is 0. The van der Waals surface area contributed by atoms with Gasteiger partial charge in [0, 0.05) is 0 Å². The van der Waals surface area contributed by atoms with Crippen LogP contribution in [0.15, 0.2) is 12.1 Å². The third-order valence-corrected chi connectivity index (χ3v) is 8.21. The van der Waals surface area contributed by atoms with E-state index in [0.717, 1.165) is 29.5 Å². The first kappa shape index (κ1) is 35.5. The number of carbonyl (C=O) groups excluding carboxylic acids is 1. The van der Waals surface area contributed by atoms with Crippen LogP contribution in [-0.2, 0) is 26.8 Å². The van der Waals surface area contributed by atoms with Crippen LogP contribution in [0.3, 0.4) is 0 Å². The lowest BCUT2D eigenvalue weighted by atomic mass is 9.77. The summed E-state index contributed by atoms with van der Waals surface area (Å²) in [7, 11) is 1.50. The molecule has 1 rings (SSSR count). The van der Waals surface area contributed by atoms with Crippen LogP contribution in [0, 0.1) is 5.92 Å². The van der Waals surface area contributed by atoms with E-state index in [2.05, 4.69) is 60.6 Å². The maximum Gasteiger partial charge on any atom is 0.308 e. The Labute approximate surface area is 242 Å². The van der Waals surface area contributed by atoms with Crippen molar-refractivity contribution in [2.75, 3.05) is 7.11 Å². The van der Waals surface area contributed by atoms with Crippen molar-refractivity contribution < 1.29 is 14.6 Å². The smallest absolute Gasteiger partial charge is 0.308 e. The van der Waals surface area contributed by atoms with Gasteiger partial charge in [-0.1, -0.05) is 163 Å². The van der Waals surface area contributed by atoms with Crippen molar-refractivity contribution in [3.63, 3.8) is 0 Å². The number of rotatable bonds is 20. The van der Waals surface area contributed by atoms with Crippen molar-refractivity contribution in [2.45, 2.75) is 175 Å². The first-order valence-electron chi connectivity index (χ1n) is 16.4. The van der Waals surface area contributed by atoms with E-state index >= 15 is 0 Å². The van der Waals surface area contributed by atoms with E-state index in [0.29, 0.717) is 12.2 Å². The molecular weight excluding hydrogens is 480 g/mol. The van der Waals surface area contributed by atoms with E-state index in [9.17, 15) is 9.90 Å². The largest absolute Gasteiger partial charge is 0.507 e. The topological polar surface area (TPSA) is 46.5 Å². The average molecular weight is 545 g/mol. The Kier molecular flexibility index (Phi) is 17.1. The minimum Gasteiger partial charge on any atom is -0.507 e. The van der Waals surface area contributed by atoms with Gasteiger partial charge >= 0.3 is 5.97 Å². The molecule has 1 aromatic rings. The molecule has 0 aliphatic carbocycles. The van der Waals surface area contributed by atoms with Crippen molar-refractivity contribution in [1.29, 1.82) is 0 Å². The Morgan fingerprint density at radius 2 is 1.05 bits per heavy atom. The first-order valence-corrected chi connectivity index (χ1v) is 16.4. The highest BCUT2D eigenvalue weighted by atomic mass is 16.5. The summed E-state index contributed by atoms with van der Waals surface area (Å²) in [6.07, 6.45) is 23.1. The third kappa shape index (κ3) is 14.6. The van der Waals surface area contributed by atoms with Crippen LogP contribution in [0.1, 0.15) is 174 Å². The van der Waals surface area contributed by atoms with Gasteiger partial charge in [-0.15, -0.1) is 0 Å². The summed E-state index contributed by atoms with van der Waals surface area (Å²) in [5.74, 6) is 0.150. The van der Waals surface area contributed by atoms with Crippen molar-refractivity contribution in [2.24, 2.45) is 5.92 Å². The predicted molar refractivity (Wildman–Crippen MR) is 169 cm³/mol. The summed E-state index contributed by atoms with van der Waals surface area (Å²) < 4.78 is 5.19. The highest BCUT2D eigenvalue weighted by molar-refractivity contribution is 5.72. The molecule has 3 heteroatoms. The zero-order chi connectivity index (χ0) is 29.3. The lowest BCUT2D eigenvalue weighted by molar-refractivity contribution is -0.145. The second-order valence-corrected chi connectivity index (χ2v) is 14.1. The summed E-state index contributed by atoms with van der Waals surface area (Å²) in [5.41, 5.74) is 2.69. The molecule has 1 aromatic carbocycles. The SMILES string of the molecule is CCCCCCCCCCCCCCCCCCC(Cc1cc(C(C)(C)C)c(O)c(C(C)(C)C)c1)C(=O)OC. The number of phenolic OH excluding ortho intramolecular Hbond substituents is 1. The molecule has 0 aliphatic rings. The fourth-order valence-electron chi connectivity index (χ4n) is 5.65. The van der Waals surface area contributed by atoms with Gasteiger partial charge in [0.2, 0.25) is 0 Å². The van der Waals surface area contributed by atoms with Gasteiger partial charge < -0.3 is 9.84 Å². The normalized spacial score (nSPS) is 13.0. The molecular formula is C36H64O3. The van der Waals surface area contributed by atoms with Gasteiger partial charge in [-0.2, -0.15) is 0 Å². The number of carbonyl (C=O) groups is 1. The van der Waals surface area contributed by atoms with E-state index in [-0.39, 0.29) is 22.7 Å². The van der Waals surface area contributed by atoms with Gasteiger partial charge in [0.25, 0.3) is 0 Å². The lowest BCUT2D eigenvalue weighted by Crippen LogP contribution is -2.21. The number of hydrogen-bond donors (Lipinski definition) is 1. The van der Waals surface area contributed by atoms with Crippen molar-refractivity contribution in [3.05, 3.63) is 28.8 Å². The van der Waals surface area contributed by atoms with Crippen LogP contribution < -0.4 is 0 Å². The molecule has 0 bridgehead atoms. The summed E-state index contributed by atoms with van der Waals surface area (Å²) in [5, 5.41) is 11.0. The second-order valence-electron chi connectivity index (χ2n) is 14.1. The molecule has 0 aliphatic heterocycles. The zero-order valence-corrected chi connectivity index (χ0v) is 27.2. The summed E-state index contributed by atoms with van der Waals surface area (Å²) in [4.78, 5) is 12.7. The van der Waals surface area contributed by atoms with Crippen LogP contribution in [0.4, 0.5) is 0 Å². The molecule has 39 heavy (non-hydrogen) atoms. The molecule has 3 nitrogen and oxygen atoms in total. The molecule has 1 atom stereocenters. The first-order chi connectivity index (χ1) is 18.4. The Balaban J connectivity index is 2.42. The molecule has 0 saturated carbocycles. The molecule has 1 N–H and O–H groups in total. The number of aromatic hydroxyl groups is 1. The second kappa shape index (κ2) is 18.8. The van der Waals surface area contributed by atoms with Crippen molar-refractivity contribution in [3.8, 4) is 5.75 Å². The molecule has 0 radical (unpaired) electrons. The van der Waals surface area contributed by atoms with Crippen LogP contribution in [-0.4, -0.2) is 18.2 Å². The number of phenols is 1. The molecule has 0 spiro atoms. The zero-order valence-electron chi connectivity index (χ0n) is 27.2. The Morgan fingerprint density at radius 3 is 1.38 bits per heavy atom. The third-order valence-electron chi connectivity index (χ3n) is 8.21. The van der Waals surface area contributed by atoms with Gasteiger partial charge in [0.15, 0.2) is 0 Å². The predicted octanol–water partition coefficient (Wildman–Crippen LogP) is 11.0. The Hall–Kier alpha value is -1.51. The highest BCUT2D eigenvalue weighted by Gasteiger charge is 2.28. The van der Waals surface area contributed by atoms with Gasteiger partial charge in [-0.25, -0.2) is 0 Å². The van der Waals surface area contributed by atoms with Crippen LogP contribution >= 0.6 is 0 Å². The Bertz CT molecular complexity index is 761. The molecule has 0 aromatic heterocycles. The van der Waals surface area contributed by atoms with E-state index in [4.69, 9.17) is 4.74 Å². The molecule has 0 saturated heterocycles. The van der Waals surface area contributed by atoms with Crippen molar-refractivity contribution >= 4 is 5.97 Å². The average Bonchev–Trinajstić information content (AvgIpc) is 2.86. The number of ether oxygens (including phenoxy) is 1. The van der Waals surface area contributed by atoms with Gasteiger partial charge in [-0.3, -0.25) is 4.79 Å². The van der Waals surface area contributed by atoms with Crippen LogP contribution in [0.5, 0.6) is 5.75 Å². The highest BCUT2D eigenvalue weighted by Crippen LogP contribution is 2.40. The standard InChI is InChI=1S/C36H64O3/c1-9-10-11-12-13-14-15-16-17-18-19-20-21-22-23-24-25-30(34(38)39-8)26-29-27-31(35(2,3)4)33(37)32(28-29)36(5,6)7/h27-28,30,37H,9-26H2,1-8H3. The van der Waals surface area contributed by atoms with Gasteiger partial charge in [0.05, 0.1) is 13.0 Å². The maximum absolute atomic E-state index is 12.7. The van der Waals surface area contributed by atoms with Crippen molar-refractivity contribution in [1.82, 2.24) is 0 Å². The number of methoxy groups -OCH3 is 1. The molecule has 226 valence electrons. The van der Waals surface area contributed by atoms with E-state index < -0.39 is 0 Å². The molecule has 0 amide bonds. The lowest BCUT2D eigenvalue weighted by Gasteiger charge is -2.28. The summed E-state index contributed by atoms with van der Waals surface area (Å²) in [6.45, 7) is 15.1. The fourth-order valence-corrected chi connectivity index (χ4v) is 5.65. The quantitative estimate of drug-likeness (QED) is 0.131. The van der Waals surface area contributed by atoms with Gasteiger partial charge in [-0.05, 0) is 40.4 Å². The van der Waals surface area contributed by atoms with Gasteiger partial charge in [0.1, 0.15) is 5.75 Å². The maximum atomic E-state index is 12.7. The number of benzene rings is 1. The fraction of sp³-hybridized carbons (Fsp3) is 0.806. The van der Waals surface area contributed by atoms with Crippen LogP contribution in [0.2, 0.25) is 0 Å². The molecule has 0 fully saturated rings. The Morgan fingerprint density at radius 1 is 0.692 bits per heavy atom.